The summed E-state index contributed by atoms with van der Waals surface area (Å²) in [7, 11) is 0. The van der Waals surface area contributed by atoms with E-state index in [1.54, 1.807) is 0 Å². The molecule has 0 aromatic heterocycles. The summed E-state index contributed by atoms with van der Waals surface area (Å²) in [6.45, 7) is 4.12. The summed E-state index contributed by atoms with van der Waals surface area (Å²) in [4.78, 5) is 24.0. The molecule has 0 heterocycles. The summed E-state index contributed by atoms with van der Waals surface area (Å²) >= 11 is 0. The molecule has 0 fully saturated rings. The highest BCUT2D eigenvalue weighted by molar-refractivity contribution is 5.99. The molecule has 0 radical (unpaired) electrons. The van der Waals surface area contributed by atoms with Crippen LogP contribution in [0, 0.1) is 34.5 Å². The number of ether oxygens (including phenoxy) is 2. The van der Waals surface area contributed by atoms with Gasteiger partial charge in [-0.15, -0.1) is 0 Å². The Kier molecular flexibility index (Phi) is 7.53. The van der Waals surface area contributed by atoms with Crippen LogP contribution >= 0.6 is 0 Å². The predicted molar refractivity (Wildman–Crippen MR) is 80.7 cm³/mol. The van der Waals surface area contributed by atoms with Crippen molar-refractivity contribution in [2.75, 3.05) is 6.61 Å². The molecule has 4 nitrogen and oxygen atoms in total. The van der Waals surface area contributed by atoms with Gasteiger partial charge in [-0.2, -0.15) is 8.78 Å². The van der Waals surface area contributed by atoms with Crippen molar-refractivity contribution in [3.8, 4) is 5.75 Å². The van der Waals surface area contributed by atoms with Crippen molar-refractivity contribution < 1.29 is 41.0 Å². The number of esters is 2. The molecule has 9 heteroatoms. The maximum absolute atomic E-state index is 13.6. The van der Waals surface area contributed by atoms with E-state index in [9.17, 15) is 31.5 Å². The molecule has 0 bridgehead atoms. The van der Waals surface area contributed by atoms with Gasteiger partial charge in [0.05, 0.1) is 6.61 Å². The van der Waals surface area contributed by atoms with Crippen LogP contribution in [0.4, 0.5) is 22.0 Å². The van der Waals surface area contributed by atoms with Gasteiger partial charge in [-0.3, -0.25) is 9.59 Å². The lowest BCUT2D eigenvalue weighted by molar-refractivity contribution is -0.165. The van der Waals surface area contributed by atoms with Crippen LogP contribution in [0.1, 0.15) is 46.5 Å². The lowest BCUT2D eigenvalue weighted by Gasteiger charge is -2.21. The minimum absolute atomic E-state index is 0.0259. The second-order valence-electron chi connectivity index (χ2n) is 6.11. The van der Waals surface area contributed by atoms with Crippen LogP contribution < -0.4 is 4.74 Å². The summed E-state index contributed by atoms with van der Waals surface area (Å²) < 4.78 is 75.6. The van der Waals surface area contributed by atoms with Gasteiger partial charge >= 0.3 is 11.9 Å². The Bertz CT molecular complexity index is 659. The van der Waals surface area contributed by atoms with E-state index in [4.69, 9.17) is 4.74 Å². The van der Waals surface area contributed by atoms with Crippen LogP contribution in [-0.4, -0.2) is 18.5 Å². The van der Waals surface area contributed by atoms with E-state index in [0.29, 0.717) is 6.42 Å². The van der Waals surface area contributed by atoms with Crippen LogP contribution in [0.2, 0.25) is 0 Å². The highest BCUT2D eigenvalue weighted by Crippen LogP contribution is 2.31. The minimum Gasteiger partial charge on any atom is -0.465 e. The van der Waals surface area contributed by atoms with E-state index in [0.717, 1.165) is 33.1 Å². The number of benzene rings is 1. The summed E-state index contributed by atoms with van der Waals surface area (Å²) in [5, 5.41) is 0. The van der Waals surface area contributed by atoms with Crippen molar-refractivity contribution in [3.63, 3.8) is 0 Å². The fraction of sp³-hybridized carbons (Fsp3) is 0.529. The molecule has 0 saturated carbocycles. The fourth-order valence-electron chi connectivity index (χ4n) is 1.85. The number of hydrogen-bond acceptors (Lipinski definition) is 4. The molecule has 1 aromatic carbocycles. The Morgan fingerprint density at radius 3 is 1.81 bits per heavy atom. The molecular formula is C17H19F5O4. The molecule has 1 rings (SSSR count). The van der Waals surface area contributed by atoms with Gasteiger partial charge in [-0.1, -0.05) is 26.2 Å². The van der Waals surface area contributed by atoms with Gasteiger partial charge in [-0.25, -0.2) is 13.2 Å². The third kappa shape index (κ3) is 4.70. The molecule has 0 N–H and O–H groups in total. The minimum atomic E-state index is -2.38. The molecule has 0 aliphatic rings. The third-order valence-corrected chi connectivity index (χ3v) is 3.62. The van der Waals surface area contributed by atoms with Gasteiger partial charge in [0.1, 0.15) is 0 Å². The SMILES string of the molecule is CCCCCCOC(=O)C(C)(C)C(=O)Oc1c(F)c(F)c(F)c(F)c1F. The van der Waals surface area contributed by atoms with Crippen molar-refractivity contribution >= 4 is 11.9 Å². The molecular weight excluding hydrogens is 363 g/mol. The average molecular weight is 382 g/mol. The smallest absolute Gasteiger partial charge is 0.328 e. The van der Waals surface area contributed by atoms with Crippen molar-refractivity contribution in [1.82, 2.24) is 0 Å². The van der Waals surface area contributed by atoms with Crippen LogP contribution in [0.5, 0.6) is 5.75 Å². The van der Waals surface area contributed by atoms with Gasteiger partial charge in [0.2, 0.25) is 34.8 Å². The quantitative estimate of drug-likeness (QED) is 0.127. The largest absolute Gasteiger partial charge is 0.465 e. The van der Waals surface area contributed by atoms with Crippen molar-refractivity contribution in [3.05, 3.63) is 29.1 Å². The number of carbonyl (C=O) groups excluding carboxylic acids is 2. The highest BCUT2D eigenvalue weighted by Gasteiger charge is 2.41. The number of unbranched alkanes of at least 4 members (excludes halogenated alkanes) is 3. The number of halogens is 5. The van der Waals surface area contributed by atoms with Gasteiger partial charge < -0.3 is 9.47 Å². The maximum Gasteiger partial charge on any atom is 0.328 e. The summed E-state index contributed by atoms with van der Waals surface area (Å²) in [5.41, 5.74) is -2.01. The number of carbonyl (C=O) groups is 2. The van der Waals surface area contributed by atoms with Gasteiger partial charge in [0.15, 0.2) is 5.41 Å². The monoisotopic (exact) mass is 382 g/mol. The first kappa shape index (κ1) is 21.9. The van der Waals surface area contributed by atoms with E-state index in [2.05, 4.69) is 4.74 Å². The predicted octanol–water partition coefficient (Wildman–Crippen LogP) is 4.44. The Morgan fingerprint density at radius 1 is 0.808 bits per heavy atom. The van der Waals surface area contributed by atoms with E-state index in [1.165, 1.54) is 0 Å². The Labute approximate surface area is 147 Å². The lowest BCUT2D eigenvalue weighted by Crippen LogP contribution is -2.38. The van der Waals surface area contributed by atoms with Gasteiger partial charge in [0.25, 0.3) is 0 Å². The number of rotatable bonds is 8. The highest BCUT2D eigenvalue weighted by atomic mass is 19.2. The first-order valence-electron chi connectivity index (χ1n) is 7.96. The molecule has 146 valence electrons. The Morgan fingerprint density at radius 2 is 1.31 bits per heavy atom. The van der Waals surface area contributed by atoms with E-state index >= 15 is 0 Å². The zero-order chi connectivity index (χ0) is 20.1. The molecule has 0 aliphatic heterocycles. The summed E-state index contributed by atoms with van der Waals surface area (Å²) in [6.07, 6.45) is 3.26. The van der Waals surface area contributed by atoms with E-state index < -0.39 is 52.2 Å². The van der Waals surface area contributed by atoms with Crippen molar-refractivity contribution in [2.24, 2.45) is 5.41 Å². The van der Waals surface area contributed by atoms with Gasteiger partial charge in [0, 0.05) is 0 Å². The van der Waals surface area contributed by atoms with Crippen LogP contribution in [0.15, 0.2) is 0 Å². The first-order chi connectivity index (χ1) is 12.1. The van der Waals surface area contributed by atoms with Crippen molar-refractivity contribution in [1.29, 1.82) is 0 Å². The normalized spacial score (nSPS) is 11.4. The second-order valence-corrected chi connectivity index (χ2v) is 6.11. The lowest BCUT2D eigenvalue weighted by atomic mass is 9.94. The summed E-state index contributed by atoms with van der Waals surface area (Å²) in [6, 6.07) is 0. The van der Waals surface area contributed by atoms with Crippen LogP contribution in [-0.2, 0) is 14.3 Å². The van der Waals surface area contributed by atoms with Crippen LogP contribution in [0.3, 0.4) is 0 Å². The van der Waals surface area contributed by atoms with E-state index in [1.807, 2.05) is 6.92 Å². The standard InChI is InChI=1S/C17H19F5O4/c1-4-5-6-7-8-25-15(23)17(2,3)16(24)26-14-12(21)10(19)9(18)11(20)13(14)22/h4-8H2,1-3H3. The van der Waals surface area contributed by atoms with Gasteiger partial charge in [-0.05, 0) is 20.3 Å². The third-order valence-electron chi connectivity index (χ3n) is 3.62. The molecule has 0 saturated heterocycles. The second kappa shape index (κ2) is 8.95. The molecule has 0 atom stereocenters. The Balaban J connectivity index is 2.88. The molecule has 26 heavy (non-hydrogen) atoms. The zero-order valence-electron chi connectivity index (χ0n) is 14.6. The average Bonchev–Trinajstić information content (AvgIpc) is 2.61. The fourth-order valence-corrected chi connectivity index (χ4v) is 1.85. The van der Waals surface area contributed by atoms with Crippen LogP contribution in [0.25, 0.3) is 0 Å². The topological polar surface area (TPSA) is 52.6 Å². The zero-order valence-corrected chi connectivity index (χ0v) is 14.6. The van der Waals surface area contributed by atoms with Crippen molar-refractivity contribution in [2.45, 2.75) is 46.5 Å². The molecule has 0 amide bonds. The summed E-state index contributed by atoms with van der Waals surface area (Å²) in [5.74, 6) is -15.8. The molecule has 1 aromatic rings. The first-order valence-corrected chi connectivity index (χ1v) is 7.96. The maximum atomic E-state index is 13.6. The Hall–Kier alpha value is -2.19. The molecule has 0 unspecified atom stereocenters. The van der Waals surface area contributed by atoms with E-state index in [-0.39, 0.29) is 6.61 Å². The molecule has 0 aliphatic carbocycles. The molecule has 0 spiro atoms. The number of hydrogen-bond donors (Lipinski definition) is 0.